The summed E-state index contributed by atoms with van der Waals surface area (Å²) in [6.07, 6.45) is 21.1. The summed E-state index contributed by atoms with van der Waals surface area (Å²) in [5.74, 6) is 0. The van der Waals surface area contributed by atoms with Crippen LogP contribution < -0.4 is 0 Å². The molecule has 152 valence electrons. The van der Waals surface area contributed by atoms with E-state index in [2.05, 4.69) is 27.7 Å². The molecule has 2 heteroatoms. The molecule has 0 saturated heterocycles. The van der Waals surface area contributed by atoms with Crippen LogP contribution in [0, 0.1) is 0 Å². The van der Waals surface area contributed by atoms with Gasteiger partial charge in [-0.3, -0.25) is 0 Å². The molecule has 0 spiro atoms. The van der Waals surface area contributed by atoms with Crippen LogP contribution in [0.15, 0.2) is 0 Å². The fourth-order valence-corrected chi connectivity index (χ4v) is 14.7. The van der Waals surface area contributed by atoms with Crippen LogP contribution >= 0.6 is 0 Å². The molecule has 0 amide bonds. The summed E-state index contributed by atoms with van der Waals surface area (Å²) in [7, 11) is 0. The van der Waals surface area contributed by atoms with E-state index in [0.717, 1.165) is 6.61 Å². The predicted molar refractivity (Wildman–Crippen MR) is 118 cm³/mol. The Hall–Kier alpha value is 0.759. The van der Waals surface area contributed by atoms with Gasteiger partial charge in [-0.1, -0.05) is 0 Å². The summed E-state index contributed by atoms with van der Waals surface area (Å²) >= 11 is -2.30. The molecule has 0 aromatic heterocycles. The molecule has 0 heterocycles. The zero-order chi connectivity index (χ0) is 18.6. The minimum absolute atomic E-state index is 1.07. The molecule has 0 rings (SSSR count). The second kappa shape index (κ2) is 19.5. The van der Waals surface area contributed by atoms with Gasteiger partial charge in [-0.2, -0.15) is 0 Å². The molecule has 0 aliphatic carbocycles. The molecule has 0 saturated carbocycles. The van der Waals surface area contributed by atoms with Gasteiger partial charge in [-0.15, -0.1) is 0 Å². The number of unbranched alkanes of at least 4 members (excludes halogenated alkanes) is 12. The van der Waals surface area contributed by atoms with Crippen molar-refractivity contribution in [2.75, 3.05) is 6.61 Å². The first-order valence-electron chi connectivity index (χ1n) is 11.9. The van der Waals surface area contributed by atoms with E-state index in [-0.39, 0.29) is 0 Å². The molecule has 0 aromatic rings. The van der Waals surface area contributed by atoms with E-state index in [0.29, 0.717) is 0 Å². The summed E-state index contributed by atoms with van der Waals surface area (Å²) in [5, 5.41) is 0. The third kappa shape index (κ3) is 15.5. The van der Waals surface area contributed by atoms with Crippen molar-refractivity contribution in [3.63, 3.8) is 0 Å². The second-order valence-electron chi connectivity index (χ2n) is 8.13. The summed E-state index contributed by atoms with van der Waals surface area (Å²) < 4.78 is 11.2. The van der Waals surface area contributed by atoms with Crippen molar-refractivity contribution in [1.29, 1.82) is 0 Å². The van der Waals surface area contributed by atoms with Crippen molar-refractivity contribution in [2.24, 2.45) is 0 Å². The van der Waals surface area contributed by atoms with Crippen molar-refractivity contribution >= 4 is 18.8 Å². The molecule has 25 heavy (non-hydrogen) atoms. The van der Waals surface area contributed by atoms with E-state index in [4.69, 9.17) is 3.07 Å². The molecule has 0 aliphatic heterocycles. The van der Waals surface area contributed by atoms with Crippen LogP contribution in [-0.2, 0) is 3.07 Å². The van der Waals surface area contributed by atoms with Crippen molar-refractivity contribution in [1.82, 2.24) is 0 Å². The Kier molecular flexibility index (Phi) is 20.1. The fraction of sp³-hybridized carbons (Fsp3) is 1.00. The fourth-order valence-electron chi connectivity index (χ4n) is 3.82. The molecule has 0 aromatic carbocycles. The number of hydrogen-bond acceptors (Lipinski definition) is 1. The van der Waals surface area contributed by atoms with E-state index in [1.54, 1.807) is 0 Å². The average molecular weight is 461 g/mol. The summed E-state index contributed by atoms with van der Waals surface area (Å²) in [5.41, 5.74) is 0. The molecule has 0 unspecified atom stereocenters. The first-order chi connectivity index (χ1) is 12.2. The molecule has 0 radical (unpaired) electrons. The van der Waals surface area contributed by atoms with Gasteiger partial charge in [0, 0.05) is 0 Å². The molecular formula is C23H50OSn. The third-order valence-corrected chi connectivity index (χ3v) is 19.0. The van der Waals surface area contributed by atoms with Crippen molar-refractivity contribution in [2.45, 2.75) is 137 Å². The molecule has 0 bridgehead atoms. The first-order valence-corrected chi connectivity index (χ1v) is 19.1. The van der Waals surface area contributed by atoms with Gasteiger partial charge in [-0.25, -0.2) is 0 Å². The van der Waals surface area contributed by atoms with Gasteiger partial charge in [0.05, 0.1) is 0 Å². The Balaban J connectivity index is 4.20. The van der Waals surface area contributed by atoms with Crippen LogP contribution in [0.1, 0.15) is 124 Å². The maximum absolute atomic E-state index is 6.75. The Morgan fingerprint density at radius 3 is 1.32 bits per heavy atom. The van der Waals surface area contributed by atoms with Crippen molar-refractivity contribution in [3.8, 4) is 0 Å². The van der Waals surface area contributed by atoms with E-state index in [1.807, 2.05) is 0 Å². The van der Waals surface area contributed by atoms with E-state index in [9.17, 15) is 0 Å². The van der Waals surface area contributed by atoms with Gasteiger partial charge in [0.2, 0.25) is 0 Å². The van der Waals surface area contributed by atoms with Crippen LogP contribution in [0.3, 0.4) is 0 Å². The van der Waals surface area contributed by atoms with Crippen LogP contribution in [0.4, 0.5) is 0 Å². The van der Waals surface area contributed by atoms with Crippen molar-refractivity contribution < 1.29 is 3.07 Å². The van der Waals surface area contributed by atoms with Crippen LogP contribution in [0.25, 0.3) is 0 Å². The predicted octanol–water partition coefficient (Wildman–Crippen LogP) is 8.88. The molecule has 1 nitrogen and oxygen atoms in total. The van der Waals surface area contributed by atoms with Gasteiger partial charge < -0.3 is 0 Å². The van der Waals surface area contributed by atoms with E-state index in [1.165, 1.54) is 110 Å². The quantitative estimate of drug-likeness (QED) is 0.130. The average Bonchev–Trinajstić information content (AvgIpc) is 2.64. The Morgan fingerprint density at radius 1 is 0.480 bits per heavy atom. The number of rotatable bonds is 20. The van der Waals surface area contributed by atoms with Gasteiger partial charge in [0.1, 0.15) is 0 Å². The van der Waals surface area contributed by atoms with Gasteiger partial charge in [0.15, 0.2) is 0 Å². The molecule has 0 atom stereocenters. The van der Waals surface area contributed by atoms with Gasteiger partial charge in [0.25, 0.3) is 0 Å². The van der Waals surface area contributed by atoms with Crippen LogP contribution in [0.2, 0.25) is 13.3 Å². The summed E-state index contributed by atoms with van der Waals surface area (Å²) in [6, 6.07) is 0. The Morgan fingerprint density at radius 2 is 0.880 bits per heavy atom. The first kappa shape index (κ1) is 25.8. The standard InChI is InChI=1S/2C8H17.C5H11O.C2H5.Sn/c2*1-3-5-7-8-6-4-2;1-2-3-4-5-6;1-2;/h2*1,3-8H2,2H3;2-5H2,1H3;1H2,2H3;/q;;-1;;+1. The third-order valence-electron chi connectivity index (χ3n) is 5.77. The van der Waals surface area contributed by atoms with Crippen LogP contribution in [0.5, 0.6) is 0 Å². The second-order valence-corrected chi connectivity index (χ2v) is 20.6. The topological polar surface area (TPSA) is 9.23 Å². The molecule has 0 fully saturated rings. The normalized spacial score (nSPS) is 12.0. The monoisotopic (exact) mass is 462 g/mol. The minimum atomic E-state index is -2.30. The maximum atomic E-state index is 6.75. The molecule has 0 aliphatic rings. The SMILES string of the molecule is CCCCCCC[CH2][Sn]([CH2]C)([CH2]CCCCCCC)[O]CCCCC. The zero-order valence-electron chi connectivity index (χ0n) is 18.3. The van der Waals surface area contributed by atoms with Gasteiger partial charge >= 0.3 is 166 Å². The van der Waals surface area contributed by atoms with E-state index >= 15 is 0 Å². The Bertz CT molecular complexity index is 238. The van der Waals surface area contributed by atoms with Crippen LogP contribution in [-0.4, -0.2) is 25.4 Å². The summed E-state index contributed by atoms with van der Waals surface area (Å²) in [4.78, 5) is 0. The molecular weight excluding hydrogens is 411 g/mol. The summed E-state index contributed by atoms with van der Waals surface area (Å²) in [6.45, 7) is 10.4. The van der Waals surface area contributed by atoms with Gasteiger partial charge in [-0.05, 0) is 0 Å². The zero-order valence-corrected chi connectivity index (χ0v) is 21.2. The number of hydrogen-bond donors (Lipinski definition) is 0. The van der Waals surface area contributed by atoms with E-state index < -0.39 is 18.8 Å². The van der Waals surface area contributed by atoms with Crippen molar-refractivity contribution in [3.05, 3.63) is 0 Å². The Labute approximate surface area is 165 Å². The molecule has 0 N–H and O–H groups in total.